The number of sulfonamides is 1. The van der Waals surface area contributed by atoms with Crippen LogP contribution in [0.5, 0.6) is 5.75 Å². The maximum absolute atomic E-state index is 13.0. The number of rotatable bonds is 9. The van der Waals surface area contributed by atoms with Gasteiger partial charge in [0.25, 0.3) is 0 Å². The van der Waals surface area contributed by atoms with Crippen LogP contribution in [0.1, 0.15) is 25.5 Å². The third kappa shape index (κ3) is 6.12. The molecule has 2 N–H and O–H groups in total. The zero-order chi connectivity index (χ0) is 22.5. The van der Waals surface area contributed by atoms with Crippen LogP contribution in [0.15, 0.2) is 67.3 Å². The van der Waals surface area contributed by atoms with Crippen molar-refractivity contribution in [1.82, 2.24) is 24.8 Å². The summed E-state index contributed by atoms with van der Waals surface area (Å²) in [6, 6.07) is 16.1. The van der Waals surface area contributed by atoms with E-state index in [4.69, 9.17) is 4.74 Å². The van der Waals surface area contributed by atoms with E-state index in [1.54, 1.807) is 35.3 Å². The second-order valence-electron chi connectivity index (χ2n) is 7.43. The summed E-state index contributed by atoms with van der Waals surface area (Å²) in [4.78, 5) is 16.9. The van der Waals surface area contributed by atoms with Gasteiger partial charge >= 0.3 is 0 Å². The van der Waals surface area contributed by atoms with Gasteiger partial charge in [0.05, 0.1) is 18.0 Å². The molecule has 2 unspecified atom stereocenters. The third-order valence-electron chi connectivity index (χ3n) is 4.61. The van der Waals surface area contributed by atoms with Gasteiger partial charge in [-0.1, -0.05) is 30.3 Å². The van der Waals surface area contributed by atoms with Gasteiger partial charge in [0.2, 0.25) is 15.9 Å². The van der Waals surface area contributed by atoms with Crippen molar-refractivity contribution >= 4 is 15.9 Å². The Morgan fingerprint density at radius 3 is 2.42 bits per heavy atom. The van der Waals surface area contributed by atoms with Crippen molar-refractivity contribution in [3.8, 4) is 11.4 Å². The Morgan fingerprint density at radius 1 is 1.16 bits per heavy atom. The Labute approximate surface area is 181 Å². The Kier molecular flexibility index (Phi) is 6.71. The van der Waals surface area contributed by atoms with Crippen LogP contribution in [-0.2, 0) is 14.8 Å². The maximum Gasteiger partial charge on any atom is 0.245 e. The van der Waals surface area contributed by atoms with E-state index >= 15 is 0 Å². The van der Waals surface area contributed by atoms with Crippen molar-refractivity contribution in [3.63, 3.8) is 0 Å². The lowest BCUT2D eigenvalue weighted by Crippen LogP contribution is -2.60. The summed E-state index contributed by atoms with van der Waals surface area (Å²) in [6.45, 7) is 3.12. The minimum Gasteiger partial charge on any atom is -0.491 e. The summed E-state index contributed by atoms with van der Waals surface area (Å²) in [5, 5.41) is 6.91. The monoisotopic (exact) mass is 443 g/mol. The highest BCUT2D eigenvalue weighted by atomic mass is 32.2. The topological polar surface area (TPSA) is 115 Å². The number of nitrogens with zero attached hydrogens (tertiary/aromatic N) is 3. The quantitative estimate of drug-likeness (QED) is 0.521. The lowest BCUT2D eigenvalue weighted by atomic mass is 10.0. The predicted octanol–water partition coefficient (Wildman–Crippen LogP) is 1.83. The van der Waals surface area contributed by atoms with Gasteiger partial charge in [0, 0.05) is 0 Å². The van der Waals surface area contributed by atoms with Crippen molar-refractivity contribution in [3.05, 3.63) is 72.8 Å². The molecule has 164 valence electrons. The van der Waals surface area contributed by atoms with E-state index in [0.29, 0.717) is 5.75 Å². The number of hydrogen-bond acceptors (Lipinski definition) is 6. The van der Waals surface area contributed by atoms with Crippen LogP contribution < -0.4 is 14.8 Å². The van der Waals surface area contributed by atoms with Crippen LogP contribution in [0.3, 0.4) is 0 Å². The Morgan fingerprint density at radius 2 is 1.84 bits per heavy atom. The van der Waals surface area contributed by atoms with Gasteiger partial charge in [-0.15, -0.1) is 0 Å². The second-order valence-corrected chi connectivity index (χ2v) is 9.18. The molecule has 10 heteroatoms. The molecule has 0 aliphatic heterocycles. The lowest BCUT2D eigenvalue weighted by molar-refractivity contribution is -0.128. The predicted molar refractivity (Wildman–Crippen MR) is 116 cm³/mol. The molecule has 9 nitrogen and oxygen atoms in total. The van der Waals surface area contributed by atoms with E-state index in [1.165, 1.54) is 13.3 Å². The average Bonchev–Trinajstić information content (AvgIpc) is 3.27. The van der Waals surface area contributed by atoms with E-state index in [1.807, 2.05) is 37.3 Å². The highest BCUT2D eigenvalue weighted by Gasteiger charge is 2.38. The van der Waals surface area contributed by atoms with Gasteiger partial charge < -0.3 is 10.1 Å². The van der Waals surface area contributed by atoms with Gasteiger partial charge in [0.15, 0.2) is 0 Å². The minimum atomic E-state index is -3.68. The van der Waals surface area contributed by atoms with Crippen LogP contribution >= 0.6 is 0 Å². The summed E-state index contributed by atoms with van der Waals surface area (Å²) < 4.78 is 33.6. The number of benzene rings is 2. The number of hydrogen-bond donors (Lipinski definition) is 2. The molecule has 1 heterocycles. The summed E-state index contributed by atoms with van der Waals surface area (Å²) in [5.74, 6) is -0.0113. The molecule has 0 aliphatic carbocycles. The SMILES string of the molecule is CC(NC(=O)C(C)(COc1ccc(-n2cncn2)cc1)NS(C)(=O)=O)c1ccccc1. The molecule has 0 radical (unpaired) electrons. The molecule has 0 bridgehead atoms. The van der Waals surface area contributed by atoms with Crippen molar-refractivity contribution in [1.29, 1.82) is 0 Å². The van der Waals surface area contributed by atoms with Crippen molar-refractivity contribution in [2.45, 2.75) is 25.4 Å². The van der Waals surface area contributed by atoms with Gasteiger partial charge in [-0.25, -0.2) is 18.1 Å². The highest BCUT2D eigenvalue weighted by Crippen LogP contribution is 2.18. The molecular formula is C21H25N5O4S. The first kappa shape index (κ1) is 22.4. The van der Waals surface area contributed by atoms with E-state index in [-0.39, 0.29) is 12.6 Å². The molecule has 3 rings (SSSR count). The number of carbonyl (C=O) groups excluding carboxylic acids is 1. The van der Waals surface area contributed by atoms with E-state index in [2.05, 4.69) is 20.1 Å². The van der Waals surface area contributed by atoms with Crippen molar-refractivity contribution in [2.75, 3.05) is 12.9 Å². The standard InChI is InChI=1S/C21H25N5O4S/c1-16(17-7-5-4-6-8-17)24-20(27)21(2,25-31(3,28)29)13-30-19-11-9-18(10-12-19)26-15-22-14-23-26/h4-12,14-16,25H,13H2,1-3H3,(H,24,27). The Balaban J connectivity index is 1.72. The molecule has 2 aromatic carbocycles. The molecular weight excluding hydrogens is 418 g/mol. The summed E-state index contributed by atoms with van der Waals surface area (Å²) in [7, 11) is -3.68. The fourth-order valence-electron chi connectivity index (χ4n) is 3.00. The van der Waals surface area contributed by atoms with Crippen LogP contribution in [0.2, 0.25) is 0 Å². The van der Waals surface area contributed by atoms with Crippen LogP contribution in [0, 0.1) is 0 Å². The molecule has 0 fully saturated rings. The molecule has 31 heavy (non-hydrogen) atoms. The largest absolute Gasteiger partial charge is 0.491 e. The minimum absolute atomic E-state index is 0.198. The van der Waals surface area contributed by atoms with Gasteiger partial charge in [-0.2, -0.15) is 9.82 Å². The summed E-state index contributed by atoms with van der Waals surface area (Å²) in [5.41, 5.74) is 0.180. The molecule has 1 amide bonds. The molecule has 1 aromatic heterocycles. The van der Waals surface area contributed by atoms with Gasteiger partial charge in [-0.05, 0) is 43.7 Å². The molecule has 0 spiro atoms. The fourth-order valence-corrected chi connectivity index (χ4v) is 3.97. The normalized spacial score (nSPS) is 14.4. The molecule has 0 saturated heterocycles. The number of carbonyl (C=O) groups is 1. The molecule has 2 atom stereocenters. The second kappa shape index (κ2) is 9.27. The molecule has 0 saturated carbocycles. The number of amides is 1. The fraction of sp³-hybridized carbons (Fsp3) is 0.286. The number of aromatic nitrogens is 3. The van der Waals surface area contributed by atoms with Crippen LogP contribution in [-0.4, -0.2) is 47.5 Å². The zero-order valence-corrected chi connectivity index (χ0v) is 18.3. The van der Waals surface area contributed by atoms with Gasteiger partial charge in [-0.3, -0.25) is 4.79 Å². The molecule has 0 aliphatic rings. The highest BCUT2D eigenvalue weighted by molar-refractivity contribution is 7.88. The first-order valence-corrected chi connectivity index (χ1v) is 11.5. The van der Waals surface area contributed by atoms with E-state index < -0.39 is 21.5 Å². The third-order valence-corrected chi connectivity index (χ3v) is 5.43. The van der Waals surface area contributed by atoms with Crippen LogP contribution in [0.4, 0.5) is 0 Å². The van der Waals surface area contributed by atoms with Crippen molar-refractivity contribution in [2.24, 2.45) is 0 Å². The summed E-state index contributed by atoms with van der Waals surface area (Å²) >= 11 is 0. The maximum atomic E-state index is 13.0. The molecule has 3 aromatic rings. The zero-order valence-electron chi connectivity index (χ0n) is 17.5. The summed E-state index contributed by atoms with van der Waals surface area (Å²) in [6.07, 6.45) is 4.01. The van der Waals surface area contributed by atoms with Gasteiger partial charge in [0.1, 0.15) is 30.5 Å². The number of nitrogens with one attached hydrogen (secondary N) is 2. The van der Waals surface area contributed by atoms with Crippen molar-refractivity contribution < 1.29 is 17.9 Å². The Bertz CT molecular complexity index is 1100. The Hall–Kier alpha value is -3.24. The smallest absolute Gasteiger partial charge is 0.245 e. The first-order chi connectivity index (χ1) is 14.7. The van der Waals surface area contributed by atoms with E-state index in [9.17, 15) is 13.2 Å². The number of ether oxygens (including phenoxy) is 1. The average molecular weight is 444 g/mol. The van der Waals surface area contributed by atoms with E-state index in [0.717, 1.165) is 17.5 Å². The lowest BCUT2D eigenvalue weighted by Gasteiger charge is -2.30. The first-order valence-electron chi connectivity index (χ1n) is 9.59. The van der Waals surface area contributed by atoms with Crippen LogP contribution in [0.25, 0.3) is 5.69 Å².